The summed E-state index contributed by atoms with van der Waals surface area (Å²) in [6, 6.07) is 0. The van der Waals surface area contributed by atoms with Gasteiger partial charge in [-0.15, -0.1) is 5.73 Å². The van der Waals surface area contributed by atoms with Crippen molar-refractivity contribution in [3.8, 4) is 0 Å². The molecule has 0 nitrogen and oxygen atoms in total. The summed E-state index contributed by atoms with van der Waals surface area (Å²) in [6.45, 7) is 6.04. The minimum Gasteiger partial charge on any atom is -0.122 e. The molecule has 0 fully saturated rings. The van der Waals surface area contributed by atoms with Crippen LogP contribution in [0.25, 0.3) is 0 Å². The second-order valence-corrected chi connectivity index (χ2v) is 1.84. The quantitative estimate of drug-likeness (QED) is 0.358. The van der Waals surface area contributed by atoms with Crippen molar-refractivity contribution in [2.45, 2.75) is 20.8 Å². The van der Waals surface area contributed by atoms with Crippen molar-refractivity contribution in [1.29, 1.82) is 0 Å². The van der Waals surface area contributed by atoms with E-state index >= 15 is 0 Å². The van der Waals surface area contributed by atoms with Crippen LogP contribution in [0.1, 0.15) is 20.8 Å². The van der Waals surface area contributed by atoms with Crippen molar-refractivity contribution >= 4 is 0 Å². The molecule has 0 aliphatic carbocycles. The first-order chi connectivity index (χ1) is 3.77. The fourth-order valence-electron chi connectivity index (χ4n) is 0.311. The van der Waals surface area contributed by atoms with Crippen molar-refractivity contribution in [2.75, 3.05) is 0 Å². The van der Waals surface area contributed by atoms with E-state index in [0.29, 0.717) is 0 Å². The second kappa shape index (κ2) is 4.42. The average Bonchev–Trinajstić information content (AvgIpc) is 1.66. The Labute approximate surface area is 51.2 Å². The molecule has 0 heteroatoms. The molecule has 0 amide bonds. The Kier molecular flexibility index (Phi) is 4.01. The van der Waals surface area contributed by atoms with Crippen LogP contribution in [-0.2, 0) is 0 Å². The van der Waals surface area contributed by atoms with Gasteiger partial charge in [-0.1, -0.05) is 12.2 Å². The normalized spacial score (nSPS) is 8.88. The highest BCUT2D eigenvalue weighted by Crippen LogP contribution is 1.82. The largest absolute Gasteiger partial charge is 0.122 e. The molecule has 0 aromatic rings. The molecule has 0 aromatic heterocycles. The first-order valence-electron chi connectivity index (χ1n) is 2.78. The second-order valence-electron chi connectivity index (χ2n) is 1.84. The third-order valence-electron chi connectivity index (χ3n) is 0.661. The topological polar surface area (TPSA) is 0 Å². The van der Waals surface area contributed by atoms with E-state index in [1.165, 1.54) is 5.57 Å². The van der Waals surface area contributed by atoms with E-state index in [9.17, 15) is 0 Å². The molecule has 0 bridgehead atoms. The van der Waals surface area contributed by atoms with Crippen LogP contribution in [0.3, 0.4) is 0 Å². The van der Waals surface area contributed by atoms with Crippen LogP contribution in [0.15, 0.2) is 29.5 Å². The number of allylic oxidation sites excluding steroid dienone is 3. The van der Waals surface area contributed by atoms with Crippen LogP contribution in [0, 0.1) is 0 Å². The molecule has 0 radical (unpaired) electrons. The Morgan fingerprint density at radius 3 is 2.38 bits per heavy atom. The van der Waals surface area contributed by atoms with Crippen LogP contribution >= 0.6 is 0 Å². The number of hydrogen-bond donors (Lipinski definition) is 0. The van der Waals surface area contributed by atoms with Crippen LogP contribution in [0.2, 0.25) is 0 Å². The third-order valence-corrected chi connectivity index (χ3v) is 0.661. The van der Waals surface area contributed by atoms with Gasteiger partial charge in [0.25, 0.3) is 0 Å². The van der Waals surface area contributed by atoms with Crippen molar-refractivity contribution in [1.82, 2.24) is 0 Å². The van der Waals surface area contributed by atoms with Crippen LogP contribution in [-0.4, -0.2) is 0 Å². The van der Waals surface area contributed by atoms with Crippen molar-refractivity contribution in [3.05, 3.63) is 29.5 Å². The molecule has 0 unspecified atom stereocenters. The predicted octanol–water partition coefficient (Wildman–Crippen LogP) is 2.68. The monoisotopic (exact) mass is 108 g/mol. The molecule has 0 spiro atoms. The third kappa shape index (κ3) is 5.26. The average molecular weight is 108 g/mol. The van der Waals surface area contributed by atoms with E-state index in [1.54, 1.807) is 0 Å². The SMILES string of the molecule is CC=CC=C=C(C)C. The zero-order valence-electron chi connectivity index (χ0n) is 5.73. The standard InChI is InChI=1S/C8H12/c1-4-5-6-7-8(2)3/h4-6H,1-3H3. The Hall–Kier alpha value is -0.740. The maximum atomic E-state index is 3.05. The highest BCUT2D eigenvalue weighted by molar-refractivity contribution is 5.04. The van der Waals surface area contributed by atoms with E-state index in [0.717, 1.165) is 0 Å². The molecule has 8 heavy (non-hydrogen) atoms. The lowest BCUT2D eigenvalue weighted by Gasteiger charge is -1.72. The van der Waals surface area contributed by atoms with Gasteiger partial charge in [0.15, 0.2) is 0 Å². The molecular weight excluding hydrogens is 96.1 g/mol. The van der Waals surface area contributed by atoms with Gasteiger partial charge in [0.1, 0.15) is 0 Å². The Balaban J connectivity index is 3.83. The van der Waals surface area contributed by atoms with Crippen molar-refractivity contribution in [3.63, 3.8) is 0 Å². The number of rotatable bonds is 1. The van der Waals surface area contributed by atoms with Gasteiger partial charge in [-0.25, -0.2) is 0 Å². The van der Waals surface area contributed by atoms with Crippen molar-refractivity contribution in [2.24, 2.45) is 0 Å². The highest BCUT2D eigenvalue weighted by Gasteiger charge is 1.62. The van der Waals surface area contributed by atoms with Gasteiger partial charge in [-0.3, -0.25) is 0 Å². The van der Waals surface area contributed by atoms with Crippen molar-refractivity contribution < 1.29 is 0 Å². The lowest BCUT2D eigenvalue weighted by atomic mass is 10.3. The van der Waals surface area contributed by atoms with Crippen LogP contribution in [0.4, 0.5) is 0 Å². The summed E-state index contributed by atoms with van der Waals surface area (Å²) in [5, 5.41) is 0. The molecular formula is C8H12. The molecule has 44 valence electrons. The van der Waals surface area contributed by atoms with Crippen LogP contribution < -0.4 is 0 Å². The summed E-state index contributed by atoms with van der Waals surface area (Å²) in [4.78, 5) is 0. The smallest absolute Gasteiger partial charge is 0.0204 e. The summed E-state index contributed by atoms with van der Waals surface area (Å²) in [5.41, 5.74) is 4.26. The highest BCUT2D eigenvalue weighted by atomic mass is 13.7. The Morgan fingerprint density at radius 1 is 1.38 bits per heavy atom. The summed E-state index contributed by atoms with van der Waals surface area (Å²) in [5.74, 6) is 0. The lowest BCUT2D eigenvalue weighted by molar-refractivity contribution is 1.41. The number of hydrogen-bond acceptors (Lipinski definition) is 0. The molecule has 0 saturated heterocycles. The molecule has 0 aromatic carbocycles. The van der Waals surface area contributed by atoms with Gasteiger partial charge < -0.3 is 0 Å². The van der Waals surface area contributed by atoms with Gasteiger partial charge in [0.2, 0.25) is 0 Å². The van der Waals surface area contributed by atoms with E-state index < -0.39 is 0 Å². The van der Waals surface area contributed by atoms with E-state index in [4.69, 9.17) is 0 Å². The van der Waals surface area contributed by atoms with Gasteiger partial charge >= 0.3 is 0 Å². The van der Waals surface area contributed by atoms with E-state index in [2.05, 4.69) is 5.73 Å². The summed E-state index contributed by atoms with van der Waals surface area (Å²) >= 11 is 0. The molecule has 0 saturated carbocycles. The maximum Gasteiger partial charge on any atom is -0.0204 e. The van der Waals surface area contributed by atoms with E-state index in [1.807, 2.05) is 39.0 Å². The summed E-state index contributed by atoms with van der Waals surface area (Å²) in [6.07, 6.45) is 5.86. The lowest BCUT2D eigenvalue weighted by Crippen LogP contribution is -1.51. The molecule has 0 rings (SSSR count). The van der Waals surface area contributed by atoms with E-state index in [-0.39, 0.29) is 0 Å². The van der Waals surface area contributed by atoms with Crippen LogP contribution in [0.5, 0.6) is 0 Å². The zero-order valence-corrected chi connectivity index (χ0v) is 5.73. The molecule has 0 aliphatic heterocycles. The Bertz CT molecular complexity index is 128. The summed E-state index contributed by atoms with van der Waals surface area (Å²) < 4.78 is 0. The minimum atomic E-state index is 1.21. The van der Waals surface area contributed by atoms with Gasteiger partial charge in [-0.2, -0.15) is 0 Å². The Morgan fingerprint density at radius 2 is 2.00 bits per heavy atom. The van der Waals surface area contributed by atoms with Gasteiger partial charge in [0.05, 0.1) is 0 Å². The fraction of sp³-hybridized carbons (Fsp3) is 0.375. The first kappa shape index (κ1) is 7.26. The molecule has 0 N–H and O–H groups in total. The molecule has 0 heterocycles. The molecule has 0 atom stereocenters. The minimum absolute atomic E-state index is 1.21. The fourth-order valence-corrected chi connectivity index (χ4v) is 0.311. The summed E-state index contributed by atoms with van der Waals surface area (Å²) in [7, 11) is 0. The first-order valence-corrected chi connectivity index (χ1v) is 2.78. The van der Waals surface area contributed by atoms with Gasteiger partial charge in [0, 0.05) is 0 Å². The zero-order chi connectivity index (χ0) is 6.41. The predicted molar refractivity (Wildman–Crippen MR) is 37.8 cm³/mol. The molecule has 0 aliphatic rings. The van der Waals surface area contributed by atoms with Gasteiger partial charge in [-0.05, 0) is 32.4 Å². The maximum absolute atomic E-state index is 3.05.